The van der Waals surface area contributed by atoms with Crippen LogP contribution in [-0.4, -0.2) is 26.1 Å². The monoisotopic (exact) mass is 312 g/mol. The third-order valence-electron chi connectivity index (χ3n) is 2.19. The highest BCUT2D eigenvalue weighted by atomic mass is 79.9. The van der Waals surface area contributed by atoms with E-state index in [-0.39, 0.29) is 12.5 Å². The fraction of sp³-hybridized carbons (Fsp3) is 0.308. The molecule has 5 heteroatoms. The van der Waals surface area contributed by atoms with Crippen LogP contribution >= 0.6 is 15.9 Å². The number of carbonyl (C=O) groups excluding carboxylic acids is 1. The summed E-state index contributed by atoms with van der Waals surface area (Å²) < 4.78 is 6.48. The standard InChI is InChI=1S/C13H17BrN2O2/c1-3-6-16-13(17)9-18-12-5-4-11(14)7-10(12)8-15-2/h3-5,7,15H,1,6,8-9H2,2H3,(H,16,17). The molecule has 0 aromatic heterocycles. The molecule has 0 spiro atoms. The summed E-state index contributed by atoms with van der Waals surface area (Å²) in [5.41, 5.74) is 1.00. The number of amides is 1. The van der Waals surface area contributed by atoms with Gasteiger partial charge in [-0.2, -0.15) is 0 Å². The summed E-state index contributed by atoms with van der Waals surface area (Å²) in [4.78, 5) is 11.4. The van der Waals surface area contributed by atoms with Gasteiger partial charge in [0.15, 0.2) is 6.61 Å². The molecule has 0 unspecified atom stereocenters. The van der Waals surface area contributed by atoms with Gasteiger partial charge in [0.05, 0.1) is 0 Å². The Balaban J connectivity index is 2.60. The van der Waals surface area contributed by atoms with Gasteiger partial charge in [0.1, 0.15) is 5.75 Å². The van der Waals surface area contributed by atoms with Crippen LogP contribution < -0.4 is 15.4 Å². The van der Waals surface area contributed by atoms with E-state index in [4.69, 9.17) is 4.74 Å². The second-order valence-electron chi connectivity index (χ2n) is 3.66. The molecule has 0 radical (unpaired) electrons. The van der Waals surface area contributed by atoms with Gasteiger partial charge in [-0.15, -0.1) is 6.58 Å². The molecule has 0 saturated heterocycles. The molecule has 0 heterocycles. The molecular formula is C13H17BrN2O2. The SMILES string of the molecule is C=CCNC(=O)COc1ccc(Br)cc1CNC. The van der Waals surface area contributed by atoms with Crippen molar-refractivity contribution in [3.05, 3.63) is 40.9 Å². The molecule has 0 fully saturated rings. The maximum Gasteiger partial charge on any atom is 0.258 e. The third-order valence-corrected chi connectivity index (χ3v) is 2.69. The van der Waals surface area contributed by atoms with E-state index in [0.29, 0.717) is 18.8 Å². The summed E-state index contributed by atoms with van der Waals surface area (Å²) in [6, 6.07) is 5.70. The van der Waals surface area contributed by atoms with E-state index in [9.17, 15) is 4.79 Å². The summed E-state index contributed by atoms with van der Waals surface area (Å²) in [7, 11) is 1.86. The molecule has 0 bridgehead atoms. The van der Waals surface area contributed by atoms with Crippen LogP contribution in [0.1, 0.15) is 5.56 Å². The van der Waals surface area contributed by atoms with Crippen molar-refractivity contribution in [2.24, 2.45) is 0 Å². The van der Waals surface area contributed by atoms with Crippen molar-refractivity contribution in [1.29, 1.82) is 0 Å². The van der Waals surface area contributed by atoms with Crippen molar-refractivity contribution >= 4 is 21.8 Å². The van der Waals surface area contributed by atoms with E-state index in [0.717, 1.165) is 10.0 Å². The summed E-state index contributed by atoms with van der Waals surface area (Å²) in [6.07, 6.45) is 1.63. The van der Waals surface area contributed by atoms with Gasteiger partial charge in [-0.1, -0.05) is 22.0 Å². The lowest BCUT2D eigenvalue weighted by molar-refractivity contribution is -0.122. The van der Waals surface area contributed by atoms with Crippen LogP contribution in [0, 0.1) is 0 Å². The zero-order valence-electron chi connectivity index (χ0n) is 10.3. The molecule has 0 saturated carbocycles. The van der Waals surface area contributed by atoms with Crippen LogP contribution in [0.25, 0.3) is 0 Å². The minimum atomic E-state index is -0.159. The molecule has 1 aromatic carbocycles. The molecular weight excluding hydrogens is 296 g/mol. The number of nitrogens with one attached hydrogen (secondary N) is 2. The maximum atomic E-state index is 11.4. The summed E-state index contributed by atoms with van der Waals surface area (Å²) in [5, 5.41) is 5.72. The van der Waals surface area contributed by atoms with Crippen molar-refractivity contribution in [2.75, 3.05) is 20.2 Å². The molecule has 0 aliphatic heterocycles. The van der Waals surface area contributed by atoms with E-state index in [1.165, 1.54) is 0 Å². The van der Waals surface area contributed by atoms with Crippen LogP contribution in [0.4, 0.5) is 0 Å². The number of rotatable bonds is 7. The van der Waals surface area contributed by atoms with Crippen molar-refractivity contribution in [1.82, 2.24) is 10.6 Å². The molecule has 4 nitrogen and oxygen atoms in total. The summed E-state index contributed by atoms with van der Waals surface area (Å²) in [6.45, 7) is 4.67. The van der Waals surface area contributed by atoms with Crippen molar-refractivity contribution in [2.45, 2.75) is 6.54 Å². The van der Waals surface area contributed by atoms with Gasteiger partial charge in [0.2, 0.25) is 0 Å². The van der Waals surface area contributed by atoms with Gasteiger partial charge in [-0.05, 0) is 25.2 Å². The first-order valence-corrected chi connectivity index (χ1v) is 6.40. The first-order chi connectivity index (χ1) is 8.67. The topological polar surface area (TPSA) is 50.4 Å². The van der Waals surface area contributed by atoms with E-state index in [1.807, 2.05) is 25.2 Å². The smallest absolute Gasteiger partial charge is 0.258 e. The van der Waals surface area contributed by atoms with E-state index in [1.54, 1.807) is 6.08 Å². The lowest BCUT2D eigenvalue weighted by Gasteiger charge is -2.11. The molecule has 18 heavy (non-hydrogen) atoms. The highest BCUT2D eigenvalue weighted by Gasteiger charge is 2.06. The Morgan fingerprint density at radius 2 is 2.33 bits per heavy atom. The second kappa shape index (κ2) is 7.89. The Hall–Kier alpha value is -1.33. The predicted molar refractivity (Wildman–Crippen MR) is 75.6 cm³/mol. The van der Waals surface area contributed by atoms with Crippen LogP contribution in [-0.2, 0) is 11.3 Å². The van der Waals surface area contributed by atoms with Crippen LogP contribution in [0.3, 0.4) is 0 Å². The summed E-state index contributed by atoms with van der Waals surface area (Å²) >= 11 is 3.41. The van der Waals surface area contributed by atoms with Gasteiger partial charge >= 0.3 is 0 Å². The van der Waals surface area contributed by atoms with Gasteiger partial charge in [0, 0.05) is 23.1 Å². The van der Waals surface area contributed by atoms with E-state index < -0.39 is 0 Å². The Kier molecular flexibility index (Phi) is 6.46. The predicted octanol–water partition coefficient (Wildman–Crippen LogP) is 1.85. The number of halogens is 1. The highest BCUT2D eigenvalue weighted by molar-refractivity contribution is 9.10. The normalized spacial score (nSPS) is 9.89. The van der Waals surface area contributed by atoms with Crippen LogP contribution in [0.2, 0.25) is 0 Å². The van der Waals surface area contributed by atoms with Crippen LogP contribution in [0.5, 0.6) is 5.75 Å². The Morgan fingerprint density at radius 1 is 1.56 bits per heavy atom. The van der Waals surface area contributed by atoms with E-state index in [2.05, 4.69) is 33.1 Å². The minimum absolute atomic E-state index is 0.00614. The molecule has 1 aromatic rings. The van der Waals surface area contributed by atoms with Crippen LogP contribution in [0.15, 0.2) is 35.3 Å². The fourth-order valence-corrected chi connectivity index (χ4v) is 1.81. The lowest BCUT2D eigenvalue weighted by Crippen LogP contribution is -2.29. The first kappa shape index (κ1) is 14.7. The van der Waals surface area contributed by atoms with Gasteiger partial charge in [-0.3, -0.25) is 4.79 Å². The molecule has 0 atom stereocenters. The zero-order valence-corrected chi connectivity index (χ0v) is 11.9. The first-order valence-electron chi connectivity index (χ1n) is 5.60. The molecule has 1 rings (SSSR count). The third kappa shape index (κ3) is 4.89. The van der Waals surface area contributed by atoms with E-state index >= 15 is 0 Å². The largest absolute Gasteiger partial charge is 0.483 e. The highest BCUT2D eigenvalue weighted by Crippen LogP contribution is 2.23. The van der Waals surface area contributed by atoms with Crippen molar-refractivity contribution in [3.63, 3.8) is 0 Å². The minimum Gasteiger partial charge on any atom is -0.483 e. The van der Waals surface area contributed by atoms with Crippen molar-refractivity contribution in [3.8, 4) is 5.75 Å². The second-order valence-corrected chi connectivity index (χ2v) is 4.58. The number of hydrogen-bond acceptors (Lipinski definition) is 3. The van der Waals surface area contributed by atoms with Gasteiger partial charge in [-0.25, -0.2) is 0 Å². The zero-order chi connectivity index (χ0) is 13.4. The quantitative estimate of drug-likeness (QED) is 0.756. The molecule has 1 amide bonds. The Labute approximate surface area is 116 Å². The Bertz CT molecular complexity index is 421. The lowest BCUT2D eigenvalue weighted by atomic mass is 10.2. The van der Waals surface area contributed by atoms with Gasteiger partial charge in [0.25, 0.3) is 5.91 Å². The molecule has 98 valence electrons. The Morgan fingerprint density at radius 3 is 3.00 bits per heavy atom. The molecule has 0 aliphatic carbocycles. The average Bonchev–Trinajstić information content (AvgIpc) is 2.36. The van der Waals surface area contributed by atoms with Crippen molar-refractivity contribution < 1.29 is 9.53 Å². The summed E-state index contributed by atoms with van der Waals surface area (Å²) in [5.74, 6) is 0.550. The number of benzene rings is 1. The number of ether oxygens (including phenoxy) is 1. The molecule has 0 aliphatic rings. The number of hydrogen-bond donors (Lipinski definition) is 2. The molecule has 2 N–H and O–H groups in total. The fourth-order valence-electron chi connectivity index (χ4n) is 1.40. The average molecular weight is 313 g/mol. The number of carbonyl (C=O) groups is 1. The van der Waals surface area contributed by atoms with Gasteiger partial charge < -0.3 is 15.4 Å². The maximum absolute atomic E-state index is 11.4.